The van der Waals surface area contributed by atoms with Crippen LogP contribution in [0.15, 0.2) is 182 Å². The molecule has 0 amide bonds. The number of ketones is 3. The molecule has 0 unspecified atom stereocenters. The Hall–Kier alpha value is -8.82. The molecule has 3 aromatic heterocycles. The minimum absolute atomic E-state index is 0.0968. The van der Waals surface area contributed by atoms with Gasteiger partial charge in [0.05, 0.1) is 0 Å². The molecule has 0 aliphatic rings. The Balaban J connectivity index is 1.01. The van der Waals surface area contributed by atoms with Gasteiger partial charge in [0.2, 0.25) is 0 Å². The highest BCUT2D eigenvalue weighted by Crippen LogP contribution is 2.36. The standard InChI is InChI=1S/C60H45N3O6/c1-37-49(34-67-52-28-25-46(43-22-13-31-61-55(43)52)58(64)40-16-7-4-8-17-40)38(2)51(36-69-54-30-27-48(45-24-15-33-63-57(45)54)60(66)42-20-11-6-12-21-42)39(3)50(37)35-68-53-29-26-47(44-23-14-32-62-56(44)53)59(65)41-18-9-5-10-19-41/h4-33H,34-36H2,1-3H3. The SMILES string of the molecule is Cc1c(COc2ccc(C(=O)c3ccccc3)c3cccnc23)c(C)c(COc2ccc(C(=O)c3ccccc3)c3cccnc23)c(C)c1COc1ccc(C(=O)c2ccccc2)c2cccnc12. The van der Waals surface area contributed by atoms with Gasteiger partial charge in [0.1, 0.15) is 53.6 Å². The first-order valence-electron chi connectivity index (χ1n) is 22.7. The Bertz CT molecular complexity index is 3200. The minimum atomic E-state index is -0.0968. The average Bonchev–Trinajstić information content (AvgIpc) is 3.40. The van der Waals surface area contributed by atoms with Crippen molar-refractivity contribution in [1.29, 1.82) is 0 Å². The Morgan fingerprint density at radius 3 is 0.899 bits per heavy atom. The van der Waals surface area contributed by atoms with Crippen LogP contribution < -0.4 is 14.2 Å². The van der Waals surface area contributed by atoms with Gasteiger partial charge in [0, 0.05) is 68.1 Å². The predicted octanol–water partition coefficient (Wildman–Crippen LogP) is 12.7. The Morgan fingerprint density at radius 2 is 0.623 bits per heavy atom. The molecular weight excluding hydrogens is 859 g/mol. The first-order chi connectivity index (χ1) is 33.8. The summed E-state index contributed by atoms with van der Waals surface area (Å²) in [6.07, 6.45) is 5.10. The number of ether oxygens (including phenoxy) is 3. The Kier molecular flexibility index (Phi) is 12.2. The highest BCUT2D eigenvalue weighted by atomic mass is 16.5. The summed E-state index contributed by atoms with van der Waals surface area (Å²) in [7, 11) is 0. The van der Waals surface area contributed by atoms with E-state index in [2.05, 4.69) is 20.8 Å². The second kappa shape index (κ2) is 19.2. The Labute approximate surface area is 399 Å². The molecule has 0 spiro atoms. The van der Waals surface area contributed by atoms with E-state index in [-0.39, 0.29) is 37.2 Å². The molecule has 9 nitrogen and oxygen atoms in total. The van der Waals surface area contributed by atoms with Crippen LogP contribution in [0.5, 0.6) is 17.2 Å². The van der Waals surface area contributed by atoms with Crippen molar-refractivity contribution >= 4 is 50.1 Å². The molecule has 10 aromatic rings. The summed E-state index contributed by atoms with van der Waals surface area (Å²) in [5.74, 6) is 1.32. The number of rotatable bonds is 15. The van der Waals surface area contributed by atoms with Gasteiger partial charge in [-0.05, 0) is 109 Å². The van der Waals surface area contributed by atoms with Crippen LogP contribution in [-0.4, -0.2) is 32.3 Å². The van der Waals surface area contributed by atoms with E-state index in [1.807, 2.05) is 146 Å². The molecular formula is C60H45N3O6. The first kappa shape index (κ1) is 44.0. The predicted molar refractivity (Wildman–Crippen MR) is 269 cm³/mol. The zero-order valence-corrected chi connectivity index (χ0v) is 38.2. The van der Waals surface area contributed by atoms with Gasteiger partial charge >= 0.3 is 0 Å². The molecule has 0 atom stereocenters. The van der Waals surface area contributed by atoms with Crippen LogP contribution in [0.4, 0.5) is 0 Å². The van der Waals surface area contributed by atoms with Crippen LogP contribution >= 0.6 is 0 Å². The highest BCUT2D eigenvalue weighted by molar-refractivity contribution is 6.18. The molecule has 0 N–H and O–H groups in total. The fourth-order valence-electron chi connectivity index (χ4n) is 9.11. The summed E-state index contributed by atoms with van der Waals surface area (Å²) < 4.78 is 20.1. The molecule has 69 heavy (non-hydrogen) atoms. The number of carbonyl (C=O) groups is 3. The lowest BCUT2D eigenvalue weighted by Gasteiger charge is -2.24. The maximum atomic E-state index is 13.7. The third-order valence-electron chi connectivity index (χ3n) is 12.9. The fourth-order valence-corrected chi connectivity index (χ4v) is 9.11. The summed E-state index contributed by atoms with van der Waals surface area (Å²) in [6.45, 7) is 6.74. The molecule has 7 aromatic carbocycles. The van der Waals surface area contributed by atoms with Crippen LogP contribution in [0.25, 0.3) is 32.7 Å². The number of benzene rings is 7. The van der Waals surface area contributed by atoms with Gasteiger partial charge in [0.25, 0.3) is 0 Å². The quantitative estimate of drug-likeness (QED) is 0.0927. The van der Waals surface area contributed by atoms with E-state index in [0.29, 0.717) is 83.3 Å². The fraction of sp³-hybridized carbons (Fsp3) is 0.100. The molecule has 10 rings (SSSR count). The van der Waals surface area contributed by atoms with Crippen molar-refractivity contribution in [3.05, 3.63) is 249 Å². The largest absolute Gasteiger partial charge is 0.487 e. The van der Waals surface area contributed by atoms with E-state index in [9.17, 15) is 14.4 Å². The molecule has 0 saturated carbocycles. The molecule has 9 heteroatoms. The number of fused-ring (bicyclic) bond motifs is 3. The van der Waals surface area contributed by atoms with Gasteiger partial charge in [0.15, 0.2) is 17.3 Å². The normalized spacial score (nSPS) is 11.2. The molecule has 0 aliphatic heterocycles. The number of nitrogens with zero attached hydrogens (tertiary/aromatic N) is 3. The van der Waals surface area contributed by atoms with Crippen LogP contribution in [0.3, 0.4) is 0 Å². The second-order valence-electron chi connectivity index (χ2n) is 16.8. The van der Waals surface area contributed by atoms with Crippen molar-refractivity contribution < 1.29 is 28.6 Å². The lowest BCUT2D eigenvalue weighted by atomic mass is 9.89. The minimum Gasteiger partial charge on any atom is -0.487 e. The lowest BCUT2D eigenvalue weighted by molar-refractivity contribution is 0.103. The molecule has 0 radical (unpaired) electrons. The van der Waals surface area contributed by atoms with Gasteiger partial charge in [-0.2, -0.15) is 0 Å². The summed E-state index contributed by atoms with van der Waals surface area (Å²) in [6, 6.07) is 49.6. The topological polar surface area (TPSA) is 118 Å². The molecule has 3 heterocycles. The van der Waals surface area contributed by atoms with E-state index in [1.54, 1.807) is 36.8 Å². The summed E-state index contributed by atoms with van der Waals surface area (Å²) in [5.41, 5.74) is 10.9. The number of aromatic nitrogens is 3. The van der Waals surface area contributed by atoms with Crippen molar-refractivity contribution in [2.24, 2.45) is 0 Å². The van der Waals surface area contributed by atoms with Gasteiger partial charge in [-0.3, -0.25) is 29.3 Å². The van der Waals surface area contributed by atoms with Crippen LogP contribution in [0, 0.1) is 20.8 Å². The maximum Gasteiger partial charge on any atom is 0.193 e. The second-order valence-corrected chi connectivity index (χ2v) is 16.8. The van der Waals surface area contributed by atoms with Crippen molar-refractivity contribution in [2.45, 2.75) is 40.6 Å². The van der Waals surface area contributed by atoms with Gasteiger partial charge in [-0.1, -0.05) is 109 Å². The molecule has 0 bridgehead atoms. The average molecular weight is 904 g/mol. The highest BCUT2D eigenvalue weighted by Gasteiger charge is 2.23. The van der Waals surface area contributed by atoms with Gasteiger partial charge < -0.3 is 14.2 Å². The monoisotopic (exact) mass is 903 g/mol. The first-order valence-corrected chi connectivity index (χ1v) is 22.7. The van der Waals surface area contributed by atoms with Crippen molar-refractivity contribution in [2.75, 3.05) is 0 Å². The molecule has 0 saturated heterocycles. The van der Waals surface area contributed by atoms with Crippen molar-refractivity contribution in [3.8, 4) is 17.2 Å². The van der Waals surface area contributed by atoms with Gasteiger partial charge in [-0.25, -0.2) is 0 Å². The van der Waals surface area contributed by atoms with E-state index >= 15 is 0 Å². The molecule has 0 fully saturated rings. The van der Waals surface area contributed by atoms with E-state index in [4.69, 9.17) is 29.2 Å². The number of carbonyl (C=O) groups excluding carboxylic acids is 3. The zero-order chi connectivity index (χ0) is 47.4. The third-order valence-corrected chi connectivity index (χ3v) is 12.9. The number of hydrogen-bond donors (Lipinski definition) is 0. The van der Waals surface area contributed by atoms with Crippen molar-refractivity contribution in [3.63, 3.8) is 0 Å². The third kappa shape index (κ3) is 8.58. The summed E-state index contributed by atoms with van der Waals surface area (Å²) in [4.78, 5) is 55.2. The van der Waals surface area contributed by atoms with Crippen LogP contribution in [0.1, 0.15) is 81.1 Å². The maximum absolute atomic E-state index is 13.7. The van der Waals surface area contributed by atoms with Crippen LogP contribution in [0.2, 0.25) is 0 Å². The number of hydrogen-bond acceptors (Lipinski definition) is 9. The summed E-state index contributed by atoms with van der Waals surface area (Å²) >= 11 is 0. The number of pyridine rings is 3. The lowest BCUT2D eigenvalue weighted by Crippen LogP contribution is -2.14. The smallest absolute Gasteiger partial charge is 0.193 e. The Morgan fingerprint density at radius 1 is 0.348 bits per heavy atom. The summed E-state index contributed by atoms with van der Waals surface area (Å²) in [5, 5.41) is 2.08. The van der Waals surface area contributed by atoms with Gasteiger partial charge in [-0.15, -0.1) is 0 Å². The molecule has 336 valence electrons. The van der Waals surface area contributed by atoms with E-state index < -0.39 is 0 Å². The van der Waals surface area contributed by atoms with Crippen molar-refractivity contribution in [1.82, 2.24) is 15.0 Å². The van der Waals surface area contributed by atoms with E-state index in [0.717, 1.165) is 33.4 Å². The van der Waals surface area contributed by atoms with E-state index in [1.165, 1.54) is 0 Å². The van der Waals surface area contributed by atoms with Crippen LogP contribution in [-0.2, 0) is 19.8 Å². The zero-order valence-electron chi connectivity index (χ0n) is 38.2. The molecule has 0 aliphatic carbocycles.